The Morgan fingerprint density at radius 1 is 1.50 bits per heavy atom. The fourth-order valence-corrected chi connectivity index (χ4v) is 2.79. The topological polar surface area (TPSA) is 52.3 Å². The van der Waals surface area contributed by atoms with E-state index in [2.05, 4.69) is 0 Å². The van der Waals surface area contributed by atoms with Gasteiger partial charge in [0.1, 0.15) is 6.04 Å². The summed E-state index contributed by atoms with van der Waals surface area (Å²) in [4.78, 5) is 11.3. The number of hydrogen-bond acceptors (Lipinski definition) is 4. The lowest BCUT2D eigenvalue weighted by molar-refractivity contribution is -0.144. The van der Waals surface area contributed by atoms with Crippen molar-refractivity contribution in [3.63, 3.8) is 0 Å². The van der Waals surface area contributed by atoms with Gasteiger partial charge in [-0.15, -0.1) is 0 Å². The number of halogens is 2. The molecule has 0 saturated carbocycles. The van der Waals surface area contributed by atoms with Gasteiger partial charge in [-0.25, -0.2) is 0 Å². The van der Waals surface area contributed by atoms with Crippen LogP contribution in [0.2, 0.25) is 10.0 Å². The van der Waals surface area contributed by atoms with Crippen molar-refractivity contribution in [2.75, 3.05) is 12.4 Å². The number of benzene rings is 1. The molecule has 1 unspecified atom stereocenters. The summed E-state index contributed by atoms with van der Waals surface area (Å²) in [6.07, 6.45) is 0. The van der Waals surface area contributed by atoms with E-state index in [1.165, 1.54) is 11.8 Å². The van der Waals surface area contributed by atoms with Crippen LogP contribution in [0.3, 0.4) is 0 Å². The molecule has 0 heterocycles. The number of carbonyl (C=O) groups excluding carboxylic acids is 1. The van der Waals surface area contributed by atoms with Crippen LogP contribution >= 0.6 is 35.0 Å². The van der Waals surface area contributed by atoms with Crippen molar-refractivity contribution in [3.05, 3.63) is 33.8 Å². The zero-order valence-corrected chi connectivity index (χ0v) is 12.3. The van der Waals surface area contributed by atoms with Crippen LogP contribution in [0.4, 0.5) is 0 Å². The maximum atomic E-state index is 11.3. The van der Waals surface area contributed by atoms with Crippen LogP contribution in [-0.4, -0.2) is 24.4 Å². The number of thioether (sulfide) groups is 1. The number of hydrogen-bond donors (Lipinski definition) is 1. The van der Waals surface area contributed by atoms with Crippen molar-refractivity contribution < 1.29 is 9.53 Å². The van der Waals surface area contributed by atoms with Gasteiger partial charge in [-0.3, -0.25) is 4.79 Å². The van der Waals surface area contributed by atoms with Gasteiger partial charge >= 0.3 is 5.97 Å². The molecule has 18 heavy (non-hydrogen) atoms. The fraction of sp³-hybridized carbons (Fsp3) is 0.417. The van der Waals surface area contributed by atoms with Gasteiger partial charge in [-0.2, -0.15) is 11.8 Å². The Balaban J connectivity index is 2.39. The average molecular weight is 308 g/mol. The van der Waals surface area contributed by atoms with Crippen molar-refractivity contribution in [3.8, 4) is 0 Å². The van der Waals surface area contributed by atoms with Gasteiger partial charge in [0, 0.05) is 21.6 Å². The molecular formula is C12H15Cl2NO2S. The Bertz CT molecular complexity index is 415. The first-order valence-corrected chi connectivity index (χ1v) is 7.39. The van der Waals surface area contributed by atoms with Crippen LogP contribution in [0.1, 0.15) is 12.5 Å². The summed E-state index contributed by atoms with van der Waals surface area (Å²) in [6, 6.07) is 4.76. The molecule has 3 nitrogen and oxygen atoms in total. The van der Waals surface area contributed by atoms with Gasteiger partial charge in [0.25, 0.3) is 0 Å². The predicted molar refractivity (Wildman–Crippen MR) is 77.2 cm³/mol. The normalized spacial score (nSPS) is 12.2. The molecule has 0 aliphatic carbocycles. The van der Waals surface area contributed by atoms with E-state index in [-0.39, 0.29) is 5.97 Å². The summed E-state index contributed by atoms with van der Waals surface area (Å²) in [5.41, 5.74) is 6.65. The van der Waals surface area contributed by atoms with Crippen LogP contribution in [0, 0.1) is 0 Å². The molecule has 1 aromatic rings. The summed E-state index contributed by atoms with van der Waals surface area (Å²) >= 11 is 13.4. The van der Waals surface area contributed by atoms with E-state index in [0.717, 1.165) is 5.56 Å². The molecule has 0 spiro atoms. The molecule has 1 aromatic carbocycles. The minimum absolute atomic E-state index is 0.347. The molecule has 0 fully saturated rings. The van der Waals surface area contributed by atoms with Crippen molar-refractivity contribution in [2.24, 2.45) is 5.73 Å². The highest BCUT2D eigenvalue weighted by molar-refractivity contribution is 7.98. The smallest absolute Gasteiger partial charge is 0.323 e. The Hall–Kier alpha value is -0.420. The first-order valence-electron chi connectivity index (χ1n) is 5.48. The first-order chi connectivity index (χ1) is 8.54. The second kappa shape index (κ2) is 7.89. The minimum atomic E-state index is -0.596. The fourth-order valence-electron chi connectivity index (χ4n) is 1.25. The second-order valence-electron chi connectivity index (χ2n) is 3.61. The Labute approximate surface area is 121 Å². The molecule has 0 saturated heterocycles. The number of ether oxygens (including phenoxy) is 1. The van der Waals surface area contributed by atoms with Crippen molar-refractivity contribution in [2.45, 2.75) is 18.7 Å². The zero-order chi connectivity index (χ0) is 13.5. The average Bonchev–Trinajstić information content (AvgIpc) is 2.32. The molecule has 6 heteroatoms. The summed E-state index contributed by atoms with van der Waals surface area (Å²) < 4.78 is 4.83. The lowest BCUT2D eigenvalue weighted by atomic mass is 10.2. The third kappa shape index (κ3) is 5.06. The molecule has 0 aliphatic rings. The van der Waals surface area contributed by atoms with Crippen molar-refractivity contribution in [1.82, 2.24) is 0 Å². The third-order valence-electron chi connectivity index (χ3n) is 2.16. The highest BCUT2D eigenvalue weighted by Gasteiger charge is 2.14. The summed E-state index contributed by atoms with van der Waals surface area (Å²) in [6.45, 7) is 2.10. The summed E-state index contributed by atoms with van der Waals surface area (Å²) in [5, 5.41) is 1.23. The Morgan fingerprint density at radius 3 is 2.83 bits per heavy atom. The van der Waals surface area contributed by atoms with Gasteiger partial charge in [0.2, 0.25) is 0 Å². The van der Waals surface area contributed by atoms with Crippen molar-refractivity contribution in [1.29, 1.82) is 0 Å². The van der Waals surface area contributed by atoms with Crippen LogP contribution in [-0.2, 0) is 15.3 Å². The van der Waals surface area contributed by atoms with Gasteiger partial charge < -0.3 is 10.5 Å². The first kappa shape index (κ1) is 15.6. The molecule has 1 rings (SSSR count). The maximum absolute atomic E-state index is 11.3. The van der Waals surface area contributed by atoms with Crippen LogP contribution < -0.4 is 5.73 Å². The highest BCUT2D eigenvalue weighted by Crippen LogP contribution is 2.24. The predicted octanol–water partition coefficient (Wildman–Crippen LogP) is 3.12. The summed E-state index contributed by atoms with van der Waals surface area (Å²) in [7, 11) is 0. The highest BCUT2D eigenvalue weighted by atomic mass is 35.5. The molecule has 100 valence electrons. The van der Waals surface area contributed by atoms with Crippen LogP contribution in [0.15, 0.2) is 18.2 Å². The quantitative estimate of drug-likeness (QED) is 0.820. The maximum Gasteiger partial charge on any atom is 0.323 e. The third-order valence-corrected chi connectivity index (χ3v) is 3.86. The molecule has 0 radical (unpaired) electrons. The second-order valence-corrected chi connectivity index (χ2v) is 5.48. The van der Waals surface area contributed by atoms with Crippen LogP contribution in [0.5, 0.6) is 0 Å². The van der Waals surface area contributed by atoms with E-state index in [1.54, 1.807) is 19.1 Å². The van der Waals surface area contributed by atoms with E-state index < -0.39 is 6.04 Å². The molecule has 0 aliphatic heterocycles. The number of esters is 1. The largest absolute Gasteiger partial charge is 0.465 e. The molecule has 0 aromatic heterocycles. The number of nitrogens with two attached hydrogens (primary N) is 1. The molecule has 1 atom stereocenters. The lowest BCUT2D eigenvalue weighted by Gasteiger charge is -2.10. The summed E-state index contributed by atoms with van der Waals surface area (Å²) in [5.74, 6) is 0.813. The van der Waals surface area contributed by atoms with E-state index in [9.17, 15) is 4.79 Å². The van der Waals surface area contributed by atoms with E-state index in [0.29, 0.717) is 28.2 Å². The van der Waals surface area contributed by atoms with Crippen molar-refractivity contribution >= 4 is 40.9 Å². The van der Waals surface area contributed by atoms with E-state index >= 15 is 0 Å². The SMILES string of the molecule is CCOC(=O)C(N)CSCc1ccc(Cl)cc1Cl. The van der Waals surface area contributed by atoms with Gasteiger partial charge in [-0.05, 0) is 24.6 Å². The number of rotatable bonds is 6. The van der Waals surface area contributed by atoms with Gasteiger partial charge in [0.05, 0.1) is 6.61 Å². The molecule has 2 N–H and O–H groups in total. The van der Waals surface area contributed by atoms with Crippen LogP contribution in [0.25, 0.3) is 0 Å². The minimum Gasteiger partial charge on any atom is -0.465 e. The lowest BCUT2D eigenvalue weighted by Crippen LogP contribution is -2.34. The Kier molecular flexibility index (Phi) is 6.86. The molecular weight excluding hydrogens is 293 g/mol. The number of carbonyl (C=O) groups is 1. The van der Waals surface area contributed by atoms with Gasteiger partial charge in [-0.1, -0.05) is 29.3 Å². The zero-order valence-electron chi connectivity index (χ0n) is 9.99. The Morgan fingerprint density at radius 2 is 2.22 bits per heavy atom. The molecule has 0 bridgehead atoms. The standard InChI is InChI=1S/C12H15Cl2NO2S/c1-2-17-12(16)11(15)7-18-6-8-3-4-9(13)5-10(8)14/h3-5,11H,2,6-7,15H2,1H3. The van der Waals surface area contributed by atoms with Gasteiger partial charge in [0.15, 0.2) is 0 Å². The van der Waals surface area contributed by atoms with E-state index in [1.807, 2.05) is 6.07 Å². The van der Waals surface area contributed by atoms with E-state index in [4.69, 9.17) is 33.7 Å². The molecule has 0 amide bonds. The monoisotopic (exact) mass is 307 g/mol.